The maximum atomic E-state index is 5.38. The van der Waals surface area contributed by atoms with Gasteiger partial charge < -0.3 is 19.9 Å². The Bertz CT molecular complexity index is 601. The summed E-state index contributed by atoms with van der Waals surface area (Å²) in [6.45, 7) is 5.01. The summed E-state index contributed by atoms with van der Waals surface area (Å²) in [6, 6.07) is 12.4. The number of hydrogen-bond donors (Lipinski definition) is 1. The molecule has 1 aromatic carbocycles. The number of likely N-dealkylation sites (N-methyl/N-ethyl adjacent to an activating group) is 1. The van der Waals surface area contributed by atoms with Crippen molar-refractivity contribution >= 4 is 17.3 Å². The van der Waals surface area contributed by atoms with Crippen LogP contribution in [-0.2, 0) is 4.74 Å². The van der Waals surface area contributed by atoms with Crippen molar-refractivity contribution in [3.05, 3.63) is 42.7 Å². The van der Waals surface area contributed by atoms with E-state index < -0.39 is 0 Å². The Hall–Kier alpha value is -2.34. The lowest BCUT2D eigenvalue weighted by atomic mass is 10.3. The second-order valence-corrected chi connectivity index (χ2v) is 5.54. The predicted molar refractivity (Wildman–Crippen MR) is 93.3 cm³/mol. The van der Waals surface area contributed by atoms with Gasteiger partial charge in [0, 0.05) is 45.0 Å². The standard InChI is InChI=1S/C17H23N5O/c1-21(15-5-3-2-4-6-15)8-7-18-16-13-17(20-14-19-16)22-9-11-23-12-10-22/h2-6,13-14H,7-12H2,1H3,(H,18,19,20). The number of ether oxygens (including phenoxy) is 1. The second-order valence-electron chi connectivity index (χ2n) is 5.54. The van der Waals surface area contributed by atoms with E-state index in [1.165, 1.54) is 5.69 Å². The van der Waals surface area contributed by atoms with E-state index >= 15 is 0 Å². The van der Waals surface area contributed by atoms with Gasteiger partial charge in [-0.2, -0.15) is 0 Å². The summed E-state index contributed by atoms with van der Waals surface area (Å²) in [6.07, 6.45) is 1.62. The monoisotopic (exact) mass is 313 g/mol. The van der Waals surface area contributed by atoms with Crippen LogP contribution in [0.1, 0.15) is 0 Å². The molecule has 122 valence electrons. The van der Waals surface area contributed by atoms with Crippen LogP contribution >= 0.6 is 0 Å². The summed E-state index contributed by atoms with van der Waals surface area (Å²) >= 11 is 0. The number of para-hydroxylation sites is 1. The van der Waals surface area contributed by atoms with Crippen LogP contribution in [0.25, 0.3) is 0 Å². The summed E-state index contributed by atoms with van der Waals surface area (Å²) in [5.41, 5.74) is 1.21. The van der Waals surface area contributed by atoms with Gasteiger partial charge in [-0.25, -0.2) is 9.97 Å². The third-order valence-corrected chi connectivity index (χ3v) is 3.94. The first kappa shape index (κ1) is 15.6. The van der Waals surface area contributed by atoms with Gasteiger partial charge in [0.25, 0.3) is 0 Å². The van der Waals surface area contributed by atoms with Gasteiger partial charge in [-0.3, -0.25) is 0 Å². The Balaban J connectivity index is 1.52. The Kier molecular flexibility index (Phi) is 5.26. The number of benzene rings is 1. The highest BCUT2D eigenvalue weighted by atomic mass is 16.5. The number of nitrogens with one attached hydrogen (secondary N) is 1. The van der Waals surface area contributed by atoms with E-state index in [2.05, 4.69) is 56.4 Å². The first-order valence-electron chi connectivity index (χ1n) is 7.98. The van der Waals surface area contributed by atoms with E-state index in [9.17, 15) is 0 Å². The van der Waals surface area contributed by atoms with Gasteiger partial charge in [0.1, 0.15) is 18.0 Å². The van der Waals surface area contributed by atoms with Crippen molar-refractivity contribution in [3.8, 4) is 0 Å². The highest BCUT2D eigenvalue weighted by Gasteiger charge is 2.12. The molecule has 6 nitrogen and oxygen atoms in total. The summed E-state index contributed by atoms with van der Waals surface area (Å²) < 4.78 is 5.38. The topological polar surface area (TPSA) is 53.5 Å². The molecule has 1 saturated heterocycles. The number of rotatable bonds is 6. The average molecular weight is 313 g/mol. The van der Waals surface area contributed by atoms with Crippen LogP contribution in [0.5, 0.6) is 0 Å². The molecule has 2 heterocycles. The minimum Gasteiger partial charge on any atom is -0.378 e. The van der Waals surface area contributed by atoms with Crippen molar-refractivity contribution in [2.45, 2.75) is 0 Å². The number of hydrogen-bond acceptors (Lipinski definition) is 6. The lowest BCUT2D eigenvalue weighted by Gasteiger charge is -2.27. The first-order chi connectivity index (χ1) is 11.3. The summed E-state index contributed by atoms with van der Waals surface area (Å²) in [7, 11) is 2.09. The quantitative estimate of drug-likeness (QED) is 0.878. The van der Waals surface area contributed by atoms with Crippen LogP contribution in [0.3, 0.4) is 0 Å². The van der Waals surface area contributed by atoms with Gasteiger partial charge in [0.05, 0.1) is 13.2 Å². The molecular weight excluding hydrogens is 290 g/mol. The summed E-state index contributed by atoms with van der Waals surface area (Å²) in [4.78, 5) is 13.1. The third kappa shape index (κ3) is 4.32. The molecule has 0 bridgehead atoms. The zero-order valence-corrected chi connectivity index (χ0v) is 13.5. The molecule has 0 spiro atoms. The van der Waals surface area contributed by atoms with Crippen molar-refractivity contribution in [1.82, 2.24) is 9.97 Å². The smallest absolute Gasteiger partial charge is 0.134 e. The minimum absolute atomic E-state index is 0.759. The Labute approximate surface area is 137 Å². The SMILES string of the molecule is CN(CCNc1cc(N2CCOCC2)ncn1)c1ccccc1. The van der Waals surface area contributed by atoms with Crippen LogP contribution in [0.15, 0.2) is 42.7 Å². The molecule has 0 atom stereocenters. The highest BCUT2D eigenvalue weighted by molar-refractivity contribution is 5.49. The molecule has 6 heteroatoms. The minimum atomic E-state index is 0.759. The fraction of sp³-hybridized carbons (Fsp3) is 0.412. The third-order valence-electron chi connectivity index (χ3n) is 3.94. The largest absolute Gasteiger partial charge is 0.378 e. The van der Waals surface area contributed by atoms with Crippen molar-refractivity contribution in [2.75, 3.05) is 61.6 Å². The maximum absolute atomic E-state index is 5.38. The molecular formula is C17H23N5O. The Morgan fingerprint density at radius 1 is 1.17 bits per heavy atom. The molecule has 0 radical (unpaired) electrons. The number of morpholine rings is 1. The molecule has 0 saturated carbocycles. The van der Waals surface area contributed by atoms with Gasteiger partial charge >= 0.3 is 0 Å². The van der Waals surface area contributed by atoms with E-state index in [4.69, 9.17) is 4.74 Å². The number of aromatic nitrogens is 2. The van der Waals surface area contributed by atoms with E-state index in [-0.39, 0.29) is 0 Å². The molecule has 1 N–H and O–H groups in total. The lowest BCUT2D eigenvalue weighted by molar-refractivity contribution is 0.122. The molecule has 1 aromatic heterocycles. The van der Waals surface area contributed by atoms with Crippen molar-refractivity contribution in [3.63, 3.8) is 0 Å². The van der Waals surface area contributed by atoms with Crippen LogP contribution in [-0.4, -0.2) is 56.4 Å². The van der Waals surface area contributed by atoms with Crippen LogP contribution in [0, 0.1) is 0 Å². The number of anilines is 3. The van der Waals surface area contributed by atoms with E-state index in [1.807, 2.05) is 12.1 Å². The predicted octanol–water partition coefficient (Wildman–Crippen LogP) is 1.86. The summed E-state index contributed by atoms with van der Waals surface area (Å²) in [5.74, 6) is 1.82. The van der Waals surface area contributed by atoms with Gasteiger partial charge in [-0.15, -0.1) is 0 Å². The molecule has 23 heavy (non-hydrogen) atoms. The molecule has 2 aromatic rings. The highest BCUT2D eigenvalue weighted by Crippen LogP contribution is 2.15. The molecule has 1 fully saturated rings. The average Bonchev–Trinajstić information content (AvgIpc) is 2.63. The zero-order valence-electron chi connectivity index (χ0n) is 13.5. The lowest BCUT2D eigenvalue weighted by Crippen LogP contribution is -2.36. The molecule has 0 aliphatic carbocycles. The maximum Gasteiger partial charge on any atom is 0.134 e. The Morgan fingerprint density at radius 3 is 2.74 bits per heavy atom. The van der Waals surface area contributed by atoms with E-state index in [0.717, 1.165) is 51.0 Å². The van der Waals surface area contributed by atoms with Crippen molar-refractivity contribution in [1.29, 1.82) is 0 Å². The second kappa shape index (κ2) is 7.78. The van der Waals surface area contributed by atoms with Gasteiger partial charge in [0.2, 0.25) is 0 Å². The molecule has 1 aliphatic heterocycles. The van der Waals surface area contributed by atoms with E-state index in [1.54, 1.807) is 6.33 Å². The van der Waals surface area contributed by atoms with Gasteiger partial charge in [0.15, 0.2) is 0 Å². The van der Waals surface area contributed by atoms with Crippen LogP contribution in [0.2, 0.25) is 0 Å². The van der Waals surface area contributed by atoms with E-state index in [0.29, 0.717) is 0 Å². The molecule has 0 unspecified atom stereocenters. The summed E-state index contributed by atoms with van der Waals surface area (Å²) in [5, 5.41) is 3.37. The first-order valence-corrected chi connectivity index (χ1v) is 7.98. The van der Waals surface area contributed by atoms with Crippen LogP contribution in [0.4, 0.5) is 17.3 Å². The normalized spacial score (nSPS) is 14.6. The fourth-order valence-corrected chi connectivity index (χ4v) is 2.57. The van der Waals surface area contributed by atoms with Crippen LogP contribution < -0.4 is 15.1 Å². The molecule has 3 rings (SSSR count). The van der Waals surface area contributed by atoms with Crippen molar-refractivity contribution in [2.24, 2.45) is 0 Å². The number of nitrogens with zero attached hydrogens (tertiary/aromatic N) is 4. The molecule has 0 amide bonds. The van der Waals surface area contributed by atoms with Gasteiger partial charge in [-0.1, -0.05) is 18.2 Å². The molecule has 1 aliphatic rings. The zero-order chi connectivity index (χ0) is 15.9. The Morgan fingerprint density at radius 2 is 1.96 bits per heavy atom. The van der Waals surface area contributed by atoms with Crippen molar-refractivity contribution < 1.29 is 4.74 Å². The van der Waals surface area contributed by atoms with Gasteiger partial charge in [-0.05, 0) is 12.1 Å². The fourth-order valence-electron chi connectivity index (χ4n) is 2.57.